The van der Waals surface area contributed by atoms with Gasteiger partial charge < -0.3 is 10.4 Å². The van der Waals surface area contributed by atoms with Crippen molar-refractivity contribution in [3.05, 3.63) is 41.4 Å². The van der Waals surface area contributed by atoms with Crippen LogP contribution >= 0.6 is 0 Å². The largest absolute Gasteiger partial charge is 0.476 e. The van der Waals surface area contributed by atoms with Crippen LogP contribution in [0.15, 0.2) is 35.7 Å². The van der Waals surface area contributed by atoms with Crippen molar-refractivity contribution in [1.82, 2.24) is 10.2 Å². The standard InChI is InChI=1S/C13H11N3O4S/c17-13(18)12-11(14-8-5-6-21(19,20)7-8)9-3-1-2-4-10(9)15-16-12/h1-6,8H,7H2,(H,14,15)(H,17,18). The number of carboxylic acids is 1. The van der Waals surface area contributed by atoms with Crippen molar-refractivity contribution in [3.8, 4) is 0 Å². The summed E-state index contributed by atoms with van der Waals surface area (Å²) in [5.74, 6) is -1.33. The molecule has 1 aliphatic rings. The van der Waals surface area contributed by atoms with E-state index in [9.17, 15) is 18.3 Å². The van der Waals surface area contributed by atoms with Crippen LogP contribution in [0.25, 0.3) is 10.9 Å². The molecule has 2 N–H and O–H groups in total. The number of aromatic carboxylic acids is 1. The van der Waals surface area contributed by atoms with Crippen LogP contribution < -0.4 is 5.32 Å². The molecule has 108 valence electrons. The number of nitrogens with zero attached hydrogens (tertiary/aromatic N) is 2. The number of rotatable bonds is 3. The lowest BCUT2D eigenvalue weighted by molar-refractivity contribution is 0.0690. The molecule has 1 aliphatic heterocycles. The highest BCUT2D eigenvalue weighted by Crippen LogP contribution is 2.26. The third kappa shape index (κ3) is 2.57. The predicted molar refractivity (Wildman–Crippen MR) is 76.8 cm³/mol. The van der Waals surface area contributed by atoms with E-state index >= 15 is 0 Å². The Morgan fingerprint density at radius 3 is 2.71 bits per heavy atom. The molecule has 21 heavy (non-hydrogen) atoms. The van der Waals surface area contributed by atoms with Gasteiger partial charge in [-0.2, -0.15) is 0 Å². The lowest BCUT2D eigenvalue weighted by Crippen LogP contribution is -2.23. The molecule has 0 aliphatic carbocycles. The minimum atomic E-state index is -3.23. The summed E-state index contributed by atoms with van der Waals surface area (Å²) in [5.41, 5.74) is 0.584. The highest BCUT2D eigenvalue weighted by atomic mass is 32.2. The van der Waals surface area contributed by atoms with E-state index in [1.165, 1.54) is 6.08 Å². The van der Waals surface area contributed by atoms with Crippen LogP contribution in [0.1, 0.15) is 10.5 Å². The number of aromatic nitrogens is 2. The van der Waals surface area contributed by atoms with Gasteiger partial charge >= 0.3 is 5.97 Å². The van der Waals surface area contributed by atoms with Crippen LogP contribution in [-0.4, -0.2) is 41.5 Å². The number of sulfone groups is 1. The number of hydrogen-bond donors (Lipinski definition) is 2. The number of fused-ring (bicyclic) bond motifs is 1. The first-order valence-electron chi connectivity index (χ1n) is 6.12. The minimum absolute atomic E-state index is 0.108. The van der Waals surface area contributed by atoms with Gasteiger partial charge in [-0.05, 0) is 6.07 Å². The Balaban J connectivity index is 2.09. The van der Waals surface area contributed by atoms with Gasteiger partial charge in [0, 0.05) is 10.8 Å². The maximum Gasteiger partial charge on any atom is 0.358 e. The second-order valence-electron chi connectivity index (χ2n) is 4.65. The van der Waals surface area contributed by atoms with E-state index in [4.69, 9.17) is 0 Å². The molecule has 0 spiro atoms. The van der Waals surface area contributed by atoms with E-state index in [1.54, 1.807) is 24.3 Å². The quantitative estimate of drug-likeness (QED) is 0.872. The molecule has 2 heterocycles. The molecule has 0 radical (unpaired) electrons. The summed E-state index contributed by atoms with van der Waals surface area (Å²) in [6.07, 6.45) is 1.50. The van der Waals surface area contributed by atoms with Gasteiger partial charge in [-0.25, -0.2) is 13.2 Å². The van der Waals surface area contributed by atoms with Crippen molar-refractivity contribution in [3.63, 3.8) is 0 Å². The van der Waals surface area contributed by atoms with Gasteiger partial charge in [-0.3, -0.25) is 0 Å². The third-order valence-electron chi connectivity index (χ3n) is 3.13. The molecular weight excluding hydrogens is 294 g/mol. The Kier molecular flexibility index (Phi) is 3.09. The van der Waals surface area contributed by atoms with Gasteiger partial charge in [-0.1, -0.05) is 24.3 Å². The van der Waals surface area contributed by atoms with E-state index in [1.807, 2.05) is 0 Å². The molecule has 1 unspecified atom stereocenters. The van der Waals surface area contributed by atoms with E-state index < -0.39 is 21.8 Å². The zero-order valence-corrected chi connectivity index (χ0v) is 11.5. The summed E-state index contributed by atoms with van der Waals surface area (Å²) in [7, 11) is -3.23. The highest BCUT2D eigenvalue weighted by molar-refractivity contribution is 7.94. The molecule has 0 amide bonds. The molecule has 1 aromatic heterocycles. The highest BCUT2D eigenvalue weighted by Gasteiger charge is 2.25. The van der Waals surface area contributed by atoms with Gasteiger partial charge in [0.15, 0.2) is 15.5 Å². The van der Waals surface area contributed by atoms with E-state index in [-0.39, 0.29) is 17.1 Å². The molecule has 7 nitrogen and oxygen atoms in total. The molecule has 3 rings (SSSR count). The summed E-state index contributed by atoms with van der Waals surface area (Å²) >= 11 is 0. The second-order valence-corrected chi connectivity index (χ2v) is 6.59. The molecule has 0 bridgehead atoms. The molecule has 0 saturated carbocycles. The number of hydrogen-bond acceptors (Lipinski definition) is 6. The summed E-state index contributed by atoms with van der Waals surface area (Å²) in [6.45, 7) is 0. The predicted octanol–water partition coefficient (Wildman–Crippen LogP) is 1.05. The average molecular weight is 305 g/mol. The number of anilines is 1. The topological polar surface area (TPSA) is 109 Å². The number of nitrogens with one attached hydrogen (secondary N) is 1. The number of benzene rings is 1. The first-order chi connectivity index (χ1) is 9.96. The van der Waals surface area contributed by atoms with Crippen LogP contribution in [-0.2, 0) is 9.84 Å². The molecule has 1 aromatic carbocycles. The maximum atomic E-state index is 11.4. The van der Waals surface area contributed by atoms with Gasteiger partial charge in [0.2, 0.25) is 0 Å². The lowest BCUT2D eigenvalue weighted by atomic mass is 10.1. The number of carboxylic acid groups (broad SMARTS) is 1. The summed E-state index contributed by atoms with van der Waals surface area (Å²) < 4.78 is 22.9. The zero-order chi connectivity index (χ0) is 15.0. The Morgan fingerprint density at radius 2 is 2.05 bits per heavy atom. The van der Waals surface area contributed by atoms with E-state index in [0.717, 1.165) is 5.41 Å². The molecule has 8 heteroatoms. The fraction of sp³-hybridized carbons (Fsp3) is 0.154. The van der Waals surface area contributed by atoms with Crippen LogP contribution in [0.4, 0.5) is 5.69 Å². The first kappa shape index (κ1) is 13.5. The molecule has 0 fully saturated rings. The molecule has 1 atom stereocenters. The van der Waals surface area contributed by atoms with Crippen molar-refractivity contribution in [2.24, 2.45) is 0 Å². The SMILES string of the molecule is O=C(O)c1nnc2ccccc2c1NC1C=CS(=O)(=O)C1. The van der Waals surface area contributed by atoms with Gasteiger partial charge in [-0.15, -0.1) is 10.2 Å². The van der Waals surface area contributed by atoms with E-state index in [0.29, 0.717) is 10.9 Å². The summed E-state index contributed by atoms with van der Waals surface area (Å²) in [4.78, 5) is 11.3. The van der Waals surface area contributed by atoms with Crippen molar-refractivity contribution in [2.45, 2.75) is 6.04 Å². The van der Waals surface area contributed by atoms with Crippen molar-refractivity contribution in [2.75, 3.05) is 11.1 Å². The number of carbonyl (C=O) groups is 1. The normalized spacial score (nSPS) is 19.7. The summed E-state index contributed by atoms with van der Waals surface area (Å²) in [6, 6.07) is 6.45. The Bertz CT molecular complexity index is 861. The Morgan fingerprint density at radius 1 is 1.29 bits per heavy atom. The van der Waals surface area contributed by atoms with Gasteiger partial charge in [0.05, 0.1) is 23.0 Å². The zero-order valence-electron chi connectivity index (χ0n) is 10.7. The second kappa shape index (κ2) is 4.81. The van der Waals surface area contributed by atoms with Crippen LogP contribution in [0.5, 0.6) is 0 Å². The van der Waals surface area contributed by atoms with Gasteiger partial charge in [0.25, 0.3) is 0 Å². The molecule has 2 aromatic rings. The fourth-order valence-electron chi connectivity index (χ4n) is 2.20. The Labute approximate surface area is 120 Å². The molecule has 0 saturated heterocycles. The Hall–Kier alpha value is -2.48. The summed E-state index contributed by atoms with van der Waals surface area (Å²) in [5, 5.41) is 21.4. The fourth-order valence-corrected chi connectivity index (χ4v) is 3.44. The molecular formula is C13H11N3O4S. The van der Waals surface area contributed by atoms with Gasteiger partial charge in [0.1, 0.15) is 0 Å². The van der Waals surface area contributed by atoms with Crippen molar-refractivity contribution < 1.29 is 18.3 Å². The maximum absolute atomic E-state index is 11.4. The van der Waals surface area contributed by atoms with Crippen LogP contribution in [0.3, 0.4) is 0 Å². The van der Waals surface area contributed by atoms with Crippen molar-refractivity contribution in [1.29, 1.82) is 0 Å². The third-order valence-corrected chi connectivity index (χ3v) is 4.53. The monoisotopic (exact) mass is 305 g/mol. The minimum Gasteiger partial charge on any atom is -0.476 e. The smallest absolute Gasteiger partial charge is 0.358 e. The lowest BCUT2D eigenvalue weighted by Gasteiger charge is -2.15. The van der Waals surface area contributed by atoms with Crippen LogP contribution in [0, 0.1) is 0 Å². The van der Waals surface area contributed by atoms with Crippen LogP contribution in [0.2, 0.25) is 0 Å². The van der Waals surface area contributed by atoms with E-state index in [2.05, 4.69) is 15.5 Å². The average Bonchev–Trinajstić information content (AvgIpc) is 2.78. The first-order valence-corrected chi connectivity index (χ1v) is 7.84. The van der Waals surface area contributed by atoms with Crippen molar-refractivity contribution >= 4 is 32.4 Å².